The molecule has 0 saturated heterocycles. The highest BCUT2D eigenvalue weighted by molar-refractivity contribution is 9.10. The molecule has 0 fully saturated rings. The third-order valence-corrected chi connectivity index (χ3v) is 2.60. The van der Waals surface area contributed by atoms with Gasteiger partial charge < -0.3 is 14.0 Å². The fourth-order valence-electron chi connectivity index (χ4n) is 1.28. The van der Waals surface area contributed by atoms with Crippen LogP contribution in [0.3, 0.4) is 0 Å². The molecule has 17 heavy (non-hydrogen) atoms. The number of esters is 1. The van der Waals surface area contributed by atoms with E-state index < -0.39 is 5.97 Å². The van der Waals surface area contributed by atoms with Crippen LogP contribution in [0.1, 0.15) is 5.56 Å². The van der Waals surface area contributed by atoms with E-state index in [-0.39, 0.29) is 18.7 Å². The second-order valence-electron chi connectivity index (χ2n) is 3.51. The molecule has 0 amide bonds. The van der Waals surface area contributed by atoms with E-state index in [4.69, 9.17) is 9.47 Å². The second-order valence-corrected chi connectivity index (χ2v) is 4.37. The minimum atomic E-state index is -0.457. The number of nitrogens with zero attached hydrogens (tertiary/aromatic N) is 1. The number of carbonyl (C=O) groups excluding carboxylic acids is 1. The van der Waals surface area contributed by atoms with Crippen LogP contribution in [0, 0.1) is 6.92 Å². The molecule has 1 aromatic rings. The maximum atomic E-state index is 11.7. The summed E-state index contributed by atoms with van der Waals surface area (Å²) in [5.41, 5.74) is 0.639. The van der Waals surface area contributed by atoms with Crippen LogP contribution in [0.4, 0.5) is 0 Å². The van der Waals surface area contributed by atoms with Gasteiger partial charge in [-0.25, -0.2) is 0 Å². The Morgan fingerprint density at radius 2 is 2.18 bits per heavy atom. The molecule has 6 heteroatoms. The molecule has 0 aromatic carbocycles. The Morgan fingerprint density at radius 1 is 1.47 bits per heavy atom. The molecule has 0 aliphatic heterocycles. The summed E-state index contributed by atoms with van der Waals surface area (Å²) in [6.07, 6.45) is 1.62. The Hall–Kier alpha value is -1.14. The highest BCUT2D eigenvalue weighted by atomic mass is 79.9. The maximum absolute atomic E-state index is 11.7. The SMILES string of the molecule is COCCOC(=O)Cn1cc(C)cc(Br)c1=O. The molecule has 1 aromatic heterocycles. The average Bonchev–Trinajstić information content (AvgIpc) is 2.25. The molecule has 0 bridgehead atoms. The number of pyridine rings is 1. The number of hydrogen-bond donors (Lipinski definition) is 0. The van der Waals surface area contributed by atoms with Crippen LogP contribution in [0.15, 0.2) is 21.5 Å². The van der Waals surface area contributed by atoms with Gasteiger partial charge in [0.15, 0.2) is 0 Å². The summed E-state index contributed by atoms with van der Waals surface area (Å²) < 4.78 is 11.4. The first-order valence-corrected chi connectivity index (χ1v) is 5.85. The lowest BCUT2D eigenvalue weighted by atomic mass is 10.3. The fourth-order valence-corrected chi connectivity index (χ4v) is 1.87. The largest absolute Gasteiger partial charge is 0.462 e. The van der Waals surface area contributed by atoms with E-state index >= 15 is 0 Å². The van der Waals surface area contributed by atoms with Gasteiger partial charge in [-0.15, -0.1) is 0 Å². The van der Waals surface area contributed by atoms with Crippen molar-refractivity contribution in [2.45, 2.75) is 13.5 Å². The lowest BCUT2D eigenvalue weighted by Gasteiger charge is -2.08. The number of methoxy groups -OCH3 is 1. The van der Waals surface area contributed by atoms with Gasteiger partial charge in [-0.1, -0.05) is 0 Å². The Labute approximate surface area is 107 Å². The van der Waals surface area contributed by atoms with E-state index in [1.54, 1.807) is 12.3 Å². The van der Waals surface area contributed by atoms with Crippen LogP contribution < -0.4 is 5.56 Å². The van der Waals surface area contributed by atoms with Crippen molar-refractivity contribution < 1.29 is 14.3 Å². The lowest BCUT2D eigenvalue weighted by Crippen LogP contribution is -2.26. The van der Waals surface area contributed by atoms with E-state index in [0.29, 0.717) is 11.1 Å². The number of aromatic nitrogens is 1. The summed E-state index contributed by atoms with van der Waals surface area (Å²) in [5, 5.41) is 0. The quantitative estimate of drug-likeness (QED) is 0.604. The first kappa shape index (κ1) is 13.9. The van der Waals surface area contributed by atoms with Gasteiger partial charge in [0.2, 0.25) is 0 Å². The molecule has 5 nitrogen and oxygen atoms in total. The smallest absolute Gasteiger partial charge is 0.326 e. The zero-order valence-electron chi connectivity index (χ0n) is 9.73. The predicted octanol–water partition coefficient (Wildman–Crippen LogP) is 1.11. The summed E-state index contributed by atoms with van der Waals surface area (Å²) >= 11 is 3.15. The number of carbonyl (C=O) groups is 1. The monoisotopic (exact) mass is 303 g/mol. The molecule has 1 rings (SSSR count). The number of rotatable bonds is 5. The van der Waals surface area contributed by atoms with E-state index in [1.165, 1.54) is 11.7 Å². The summed E-state index contributed by atoms with van der Waals surface area (Å²) in [5.74, 6) is -0.457. The molecule has 0 aliphatic carbocycles. The van der Waals surface area contributed by atoms with Gasteiger partial charge in [0.25, 0.3) is 5.56 Å². The summed E-state index contributed by atoms with van der Waals surface area (Å²) in [7, 11) is 1.52. The van der Waals surface area contributed by atoms with Gasteiger partial charge in [0.1, 0.15) is 13.2 Å². The maximum Gasteiger partial charge on any atom is 0.326 e. The lowest BCUT2D eigenvalue weighted by molar-refractivity contribution is -0.145. The van der Waals surface area contributed by atoms with Crippen LogP contribution in [-0.4, -0.2) is 30.9 Å². The Kier molecular flexibility index (Phi) is 5.37. The molecule has 0 saturated carbocycles. The van der Waals surface area contributed by atoms with E-state index in [1.807, 2.05) is 6.92 Å². The Bertz CT molecular complexity index is 455. The average molecular weight is 304 g/mol. The van der Waals surface area contributed by atoms with E-state index in [2.05, 4.69) is 15.9 Å². The standard InChI is InChI=1S/C11H14BrNO4/c1-8-5-9(12)11(15)13(6-8)7-10(14)17-4-3-16-2/h5-6H,3-4,7H2,1-2H3. The van der Waals surface area contributed by atoms with Crippen LogP contribution in [0.2, 0.25) is 0 Å². The molecule has 0 radical (unpaired) electrons. The fraction of sp³-hybridized carbons (Fsp3) is 0.455. The molecule has 1 heterocycles. The normalized spacial score (nSPS) is 10.3. The summed E-state index contributed by atoms with van der Waals surface area (Å²) in [4.78, 5) is 23.1. The van der Waals surface area contributed by atoms with Crippen molar-refractivity contribution in [2.75, 3.05) is 20.3 Å². The minimum Gasteiger partial charge on any atom is -0.462 e. The van der Waals surface area contributed by atoms with Crippen LogP contribution >= 0.6 is 15.9 Å². The highest BCUT2D eigenvalue weighted by Gasteiger charge is 2.08. The van der Waals surface area contributed by atoms with Crippen molar-refractivity contribution in [1.82, 2.24) is 4.57 Å². The van der Waals surface area contributed by atoms with Crippen molar-refractivity contribution in [3.63, 3.8) is 0 Å². The third-order valence-electron chi connectivity index (χ3n) is 2.03. The van der Waals surface area contributed by atoms with Gasteiger partial charge in [-0.2, -0.15) is 0 Å². The molecule has 0 spiro atoms. The molecule has 0 N–H and O–H groups in total. The van der Waals surface area contributed by atoms with Gasteiger partial charge in [-0.05, 0) is 34.5 Å². The van der Waals surface area contributed by atoms with Crippen molar-refractivity contribution in [3.8, 4) is 0 Å². The van der Waals surface area contributed by atoms with Gasteiger partial charge >= 0.3 is 5.97 Å². The topological polar surface area (TPSA) is 57.5 Å². The zero-order chi connectivity index (χ0) is 12.8. The van der Waals surface area contributed by atoms with Crippen LogP contribution in [-0.2, 0) is 20.8 Å². The zero-order valence-corrected chi connectivity index (χ0v) is 11.3. The molecule has 94 valence electrons. The number of halogens is 1. The predicted molar refractivity (Wildman–Crippen MR) is 66.0 cm³/mol. The molecular formula is C11H14BrNO4. The highest BCUT2D eigenvalue weighted by Crippen LogP contribution is 2.05. The van der Waals surface area contributed by atoms with Gasteiger partial charge in [-0.3, -0.25) is 9.59 Å². The molecule has 0 aliphatic rings. The number of ether oxygens (including phenoxy) is 2. The first-order valence-electron chi connectivity index (χ1n) is 5.05. The second kappa shape index (κ2) is 6.56. The van der Waals surface area contributed by atoms with Crippen LogP contribution in [0.25, 0.3) is 0 Å². The van der Waals surface area contributed by atoms with Gasteiger partial charge in [0.05, 0.1) is 11.1 Å². The third kappa shape index (κ3) is 4.32. The molecular weight excluding hydrogens is 290 g/mol. The van der Waals surface area contributed by atoms with Crippen LogP contribution in [0.5, 0.6) is 0 Å². The minimum absolute atomic E-state index is 0.0944. The van der Waals surface area contributed by atoms with Crippen molar-refractivity contribution in [1.29, 1.82) is 0 Å². The molecule has 0 unspecified atom stereocenters. The van der Waals surface area contributed by atoms with E-state index in [0.717, 1.165) is 5.56 Å². The van der Waals surface area contributed by atoms with Crippen molar-refractivity contribution >= 4 is 21.9 Å². The number of hydrogen-bond acceptors (Lipinski definition) is 4. The Balaban J connectivity index is 2.68. The van der Waals surface area contributed by atoms with Crippen molar-refractivity contribution in [3.05, 3.63) is 32.7 Å². The Morgan fingerprint density at radius 3 is 2.82 bits per heavy atom. The number of aryl methyl sites for hydroxylation is 1. The van der Waals surface area contributed by atoms with E-state index in [9.17, 15) is 9.59 Å². The first-order chi connectivity index (χ1) is 8.04. The summed E-state index contributed by atoms with van der Waals surface area (Å²) in [6.45, 7) is 2.29. The van der Waals surface area contributed by atoms with Gasteiger partial charge in [0, 0.05) is 13.3 Å². The summed E-state index contributed by atoms with van der Waals surface area (Å²) in [6, 6.07) is 1.70. The molecule has 0 atom stereocenters. The van der Waals surface area contributed by atoms with Crippen molar-refractivity contribution in [2.24, 2.45) is 0 Å².